The molecule has 2 heterocycles. The van der Waals surface area contributed by atoms with Crippen molar-refractivity contribution >= 4 is 11.8 Å². The molecule has 2 aromatic heterocycles. The minimum absolute atomic E-state index is 0.0696. The molecular weight excluding hydrogens is 290 g/mol. The molecule has 1 atom stereocenters. The summed E-state index contributed by atoms with van der Waals surface area (Å²) in [6.07, 6.45) is 5.77. The molecule has 0 aromatic carbocycles. The highest BCUT2D eigenvalue weighted by atomic mass is 15.2. The average molecular weight is 309 g/mol. The number of hydrogen-bond donors (Lipinski definition) is 2. The Morgan fingerprint density at radius 2 is 2.00 bits per heavy atom. The van der Waals surface area contributed by atoms with Crippen LogP contribution in [-0.2, 0) is 12.8 Å². The van der Waals surface area contributed by atoms with Crippen molar-refractivity contribution in [2.24, 2.45) is 5.73 Å². The van der Waals surface area contributed by atoms with Crippen molar-refractivity contribution in [2.75, 3.05) is 24.7 Å². The van der Waals surface area contributed by atoms with E-state index in [1.54, 1.807) is 12.4 Å². The van der Waals surface area contributed by atoms with E-state index in [4.69, 9.17) is 11.5 Å². The van der Waals surface area contributed by atoms with Gasteiger partial charge in [0.15, 0.2) is 0 Å². The smallest absolute Gasteiger partial charge is 0.224 e. The number of anilines is 2. The maximum absolute atomic E-state index is 9.52. The summed E-state index contributed by atoms with van der Waals surface area (Å²) < 4.78 is 0. The van der Waals surface area contributed by atoms with Crippen LogP contribution in [-0.4, -0.2) is 35.1 Å². The summed E-state index contributed by atoms with van der Waals surface area (Å²) in [6, 6.07) is 2.24. The highest BCUT2D eigenvalue weighted by Gasteiger charge is 2.25. The third-order valence-corrected chi connectivity index (χ3v) is 4.07. The molecule has 118 valence electrons. The van der Waals surface area contributed by atoms with Gasteiger partial charge in [0, 0.05) is 49.4 Å². The predicted octanol–water partition coefficient (Wildman–Crippen LogP) is 0.874. The van der Waals surface area contributed by atoms with E-state index in [1.807, 2.05) is 19.0 Å². The van der Waals surface area contributed by atoms with Gasteiger partial charge < -0.3 is 16.4 Å². The van der Waals surface area contributed by atoms with Crippen LogP contribution >= 0.6 is 0 Å². The van der Waals surface area contributed by atoms with Crippen molar-refractivity contribution in [3.8, 4) is 17.2 Å². The molecule has 0 aliphatic heterocycles. The first-order valence-corrected chi connectivity index (χ1v) is 7.48. The van der Waals surface area contributed by atoms with E-state index in [2.05, 4.69) is 21.0 Å². The lowest BCUT2D eigenvalue weighted by Crippen LogP contribution is -2.29. The fourth-order valence-corrected chi connectivity index (χ4v) is 2.92. The molecule has 0 amide bonds. The van der Waals surface area contributed by atoms with Gasteiger partial charge in [0.2, 0.25) is 5.95 Å². The van der Waals surface area contributed by atoms with Gasteiger partial charge in [-0.25, -0.2) is 15.0 Å². The quantitative estimate of drug-likeness (QED) is 0.845. The number of aromatic nitrogens is 3. The van der Waals surface area contributed by atoms with E-state index >= 15 is 0 Å². The molecule has 23 heavy (non-hydrogen) atoms. The van der Waals surface area contributed by atoms with E-state index in [0.29, 0.717) is 17.9 Å². The molecule has 2 aromatic rings. The van der Waals surface area contributed by atoms with Gasteiger partial charge in [-0.3, -0.25) is 0 Å². The summed E-state index contributed by atoms with van der Waals surface area (Å²) in [4.78, 5) is 14.9. The van der Waals surface area contributed by atoms with E-state index < -0.39 is 0 Å². The van der Waals surface area contributed by atoms with Crippen LogP contribution in [0.1, 0.15) is 23.2 Å². The second kappa shape index (κ2) is 5.82. The Balaban J connectivity index is 2.20. The maximum atomic E-state index is 9.52. The van der Waals surface area contributed by atoms with Crippen LogP contribution in [0.15, 0.2) is 12.4 Å². The minimum atomic E-state index is 0.0696. The Morgan fingerprint density at radius 3 is 2.61 bits per heavy atom. The first kappa shape index (κ1) is 15.2. The number of nitrogens with two attached hydrogens (primary N) is 2. The Kier molecular flexibility index (Phi) is 3.84. The van der Waals surface area contributed by atoms with Crippen molar-refractivity contribution < 1.29 is 0 Å². The SMILES string of the molecule is CN(C)c1ncc(-c2c(C#N)c(N)nc3c2C[C@H](N)CC3)cn1. The first-order valence-electron chi connectivity index (χ1n) is 7.48. The number of pyridine rings is 1. The molecule has 4 N–H and O–H groups in total. The number of nitriles is 1. The van der Waals surface area contributed by atoms with Crippen LogP contribution in [0.5, 0.6) is 0 Å². The number of fused-ring (bicyclic) bond motifs is 1. The fourth-order valence-electron chi connectivity index (χ4n) is 2.92. The zero-order chi connectivity index (χ0) is 16.6. The van der Waals surface area contributed by atoms with Crippen molar-refractivity contribution in [3.05, 3.63) is 29.2 Å². The second-order valence-electron chi connectivity index (χ2n) is 5.95. The van der Waals surface area contributed by atoms with Crippen LogP contribution in [0.4, 0.5) is 11.8 Å². The van der Waals surface area contributed by atoms with Crippen LogP contribution < -0.4 is 16.4 Å². The minimum Gasteiger partial charge on any atom is -0.383 e. The molecule has 3 rings (SSSR count). The molecule has 1 aliphatic carbocycles. The number of nitrogen functional groups attached to an aromatic ring is 1. The molecule has 0 saturated carbocycles. The van der Waals surface area contributed by atoms with Crippen molar-refractivity contribution in [1.29, 1.82) is 5.26 Å². The molecule has 0 unspecified atom stereocenters. The van der Waals surface area contributed by atoms with E-state index in [0.717, 1.165) is 35.2 Å². The number of hydrogen-bond acceptors (Lipinski definition) is 7. The molecule has 0 fully saturated rings. The lowest BCUT2D eigenvalue weighted by molar-refractivity contribution is 0.568. The molecule has 1 aliphatic rings. The number of rotatable bonds is 2. The molecular formula is C16H19N7. The van der Waals surface area contributed by atoms with Gasteiger partial charge >= 0.3 is 0 Å². The van der Waals surface area contributed by atoms with Gasteiger partial charge in [0.05, 0.1) is 0 Å². The topological polar surface area (TPSA) is 118 Å². The van der Waals surface area contributed by atoms with Gasteiger partial charge in [0.25, 0.3) is 0 Å². The zero-order valence-corrected chi connectivity index (χ0v) is 13.2. The Morgan fingerprint density at radius 1 is 1.30 bits per heavy atom. The first-order chi connectivity index (χ1) is 11.0. The lowest BCUT2D eigenvalue weighted by Gasteiger charge is -2.24. The second-order valence-corrected chi connectivity index (χ2v) is 5.95. The predicted molar refractivity (Wildman–Crippen MR) is 88.7 cm³/mol. The van der Waals surface area contributed by atoms with Crippen LogP contribution in [0.2, 0.25) is 0 Å². The van der Waals surface area contributed by atoms with Crippen LogP contribution in [0, 0.1) is 11.3 Å². The summed E-state index contributed by atoms with van der Waals surface area (Å²) in [5.41, 5.74) is 15.9. The normalized spacial score (nSPS) is 16.5. The Hall–Kier alpha value is -2.72. The lowest BCUT2D eigenvalue weighted by atomic mass is 9.85. The zero-order valence-electron chi connectivity index (χ0n) is 13.2. The monoisotopic (exact) mass is 309 g/mol. The number of nitrogens with zero attached hydrogens (tertiary/aromatic N) is 5. The summed E-state index contributed by atoms with van der Waals surface area (Å²) in [5, 5.41) is 9.52. The van der Waals surface area contributed by atoms with E-state index in [1.165, 1.54) is 0 Å². The van der Waals surface area contributed by atoms with E-state index in [9.17, 15) is 5.26 Å². The van der Waals surface area contributed by atoms with Crippen molar-refractivity contribution in [2.45, 2.75) is 25.3 Å². The highest BCUT2D eigenvalue weighted by molar-refractivity contribution is 5.78. The summed E-state index contributed by atoms with van der Waals surface area (Å²) in [6.45, 7) is 0. The molecule has 7 heteroatoms. The van der Waals surface area contributed by atoms with Gasteiger partial charge in [-0.15, -0.1) is 0 Å². The maximum Gasteiger partial charge on any atom is 0.224 e. The third-order valence-electron chi connectivity index (χ3n) is 4.07. The fraction of sp³-hybridized carbons (Fsp3) is 0.375. The molecule has 7 nitrogen and oxygen atoms in total. The van der Waals surface area contributed by atoms with Crippen molar-refractivity contribution in [1.82, 2.24) is 15.0 Å². The van der Waals surface area contributed by atoms with Crippen molar-refractivity contribution in [3.63, 3.8) is 0 Å². The molecule has 0 saturated heterocycles. The summed E-state index contributed by atoms with van der Waals surface area (Å²) >= 11 is 0. The largest absolute Gasteiger partial charge is 0.383 e. The molecule has 0 radical (unpaired) electrons. The van der Waals surface area contributed by atoms with Gasteiger partial charge in [-0.2, -0.15) is 5.26 Å². The third kappa shape index (κ3) is 2.69. The Bertz CT molecular complexity index is 774. The highest BCUT2D eigenvalue weighted by Crippen LogP contribution is 2.35. The summed E-state index contributed by atoms with van der Waals surface area (Å²) in [7, 11) is 3.75. The standard InChI is InChI=1S/C16H19N7/c1-23(2)16-20-7-9(8-21-16)14-11-5-10(18)3-4-13(11)22-15(19)12(14)6-17/h7-8,10H,3-5,18H2,1-2H3,(H2,19,22)/t10-/m1/s1. The van der Waals surface area contributed by atoms with Gasteiger partial charge in [-0.05, 0) is 24.8 Å². The molecule has 0 spiro atoms. The van der Waals surface area contributed by atoms with E-state index in [-0.39, 0.29) is 11.9 Å². The molecule has 0 bridgehead atoms. The average Bonchev–Trinajstić information content (AvgIpc) is 2.54. The van der Waals surface area contributed by atoms with Gasteiger partial charge in [0.1, 0.15) is 17.5 Å². The van der Waals surface area contributed by atoms with Crippen LogP contribution in [0.25, 0.3) is 11.1 Å². The summed E-state index contributed by atoms with van der Waals surface area (Å²) in [5.74, 6) is 0.869. The van der Waals surface area contributed by atoms with Crippen LogP contribution in [0.3, 0.4) is 0 Å². The number of aryl methyl sites for hydroxylation is 1. The van der Waals surface area contributed by atoms with Gasteiger partial charge in [-0.1, -0.05) is 0 Å². The Labute approximate surface area is 135 Å².